The van der Waals surface area contributed by atoms with Crippen molar-refractivity contribution in [2.75, 3.05) is 33.2 Å². The Kier molecular flexibility index (Phi) is 4.11. The zero-order valence-corrected chi connectivity index (χ0v) is 11.8. The lowest BCUT2D eigenvalue weighted by Crippen LogP contribution is -2.53. The zero-order chi connectivity index (χ0) is 12.5. The summed E-state index contributed by atoms with van der Waals surface area (Å²) >= 11 is 0. The average molecular weight is 239 g/mol. The van der Waals surface area contributed by atoms with Crippen molar-refractivity contribution >= 4 is 0 Å². The van der Waals surface area contributed by atoms with E-state index in [1.165, 1.54) is 51.9 Å². The largest absolute Gasteiger partial charge is 0.326 e. The van der Waals surface area contributed by atoms with Gasteiger partial charge in [0, 0.05) is 25.2 Å². The molecule has 1 saturated heterocycles. The first-order chi connectivity index (χ1) is 7.98. The van der Waals surface area contributed by atoms with Crippen molar-refractivity contribution in [1.29, 1.82) is 0 Å². The fourth-order valence-corrected chi connectivity index (χ4v) is 3.37. The van der Waals surface area contributed by atoms with Crippen molar-refractivity contribution in [2.45, 2.75) is 51.6 Å². The van der Waals surface area contributed by atoms with Gasteiger partial charge in [0.25, 0.3) is 0 Å². The molecular formula is C14H29N3. The van der Waals surface area contributed by atoms with E-state index in [0.29, 0.717) is 17.5 Å². The SMILES string of the molecule is CN1CCCN(C2CC(C)(C)CCC2N)CC1. The summed E-state index contributed by atoms with van der Waals surface area (Å²) < 4.78 is 0. The van der Waals surface area contributed by atoms with E-state index in [9.17, 15) is 0 Å². The van der Waals surface area contributed by atoms with E-state index in [-0.39, 0.29) is 0 Å². The number of hydrogen-bond donors (Lipinski definition) is 1. The molecule has 0 bridgehead atoms. The van der Waals surface area contributed by atoms with Crippen LogP contribution in [0, 0.1) is 5.41 Å². The summed E-state index contributed by atoms with van der Waals surface area (Å²) in [4.78, 5) is 5.11. The molecule has 1 heterocycles. The van der Waals surface area contributed by atoms with Gasteiger partial charge in [0.15, 0.2) is 0 Å². The maximum Gasteiger partial charge on any atom is 0.0252 e. The minimum absolute atomic E-state index is 0.395. The Morgan fingerprint density at radius 3 is 2.65 bits per heavy atom. The monoisotopic (exact) mass is 239 g/mol. The van der Waals surface area contributed by atoms with Crippen molar-refractivity contribution in [3.8, 4) is 0 Å². The van der Waals surface area contributed by atoms with Crippen LogP contribution in [0.4, 0.5) is 0 Å². The molecule has 3 nitrogen and oxygen atoms in total. The molecule has 17 heavy (non-hydrogen) atoms. The first-order valence-electron chi connectivity index (χ1n) is 7.16. The van der Waals surface area contributed by atoms with Gasteiger partial charge in [0.05, 0.1) is 0 Å². The van der Waals surface area contributed by atoms with Gasteiger partial charge in [-0.15, -0.1) is 0 Å². The van der Waals surface area contributed by atoms with Crippen LogP contribution in [0.25, 0.3) is 0 Å². The second-order valence-electron chi connectivity index (χ2n) is 6.83. The predicted molar refractivity (Wildman–Crippen MR) is 73.1 cm³/mol. The van der Waals surface area contributed by atoms with Gasteiger partial charge in [-0.05, 0) is 51.2 Å². The van der Waals surface area contributed by atoms with Crippen LogP contribution in [0.5, 0.6) is 0 Å². The zero-order valence-electron chi connectivity index (χ0n) is 11.8. The maximum absolute atomic E-state index is 6.36. The Bertz CT molecular complexity index is 252. The predicted octanol–water partition coefficient (Wildman–Crippen LogP) is 1.53. The minimum atomic E-state index is 0.395. The van der Waals surface area contributed by atoms with E-state index in [1.807, 2.05) is 0 Å². The van der Waals surface area contributed by atoms with Crippen LogP contribution in [-0.2, 0) is 0 Å². The highest BCUT2D eigenvalue weighted by Gasteiger charge is 2.36. The quantitative estimate of drug-likeness (QED) is 0.753. The smallest absolute Gasteiger partial charge is 0.0252 e. The third-order valence-corrected chi connectivity index (χ3v) is 4.63. The fourth-order valence-electron chi connectivity index (χ4n) is 3.37. The van der Waals surface area contributed by atoms with E-state index in [0.717, 1.165) is 0 Å². The number of nitrogens with zero attached hydrogens (tertiary/aromatic N) is 2. The van der Waals surface area contributed by atoms with Crippen molar-refractivity contribution in [3.05, 3.63) is 0 Å². The topological polar surface area (TPSA) is 32.5 Å². The molecule has 0 aromatic carbocycles. The first-order valence-corrected chi connectivity index (χ1v) is 7.16. The summed E-state index contributed by atoms with van der Waals surface area (Å²) in [5.41, 5.74) is 6.85. The highest BCUT2D eigenvalue weighted by Crippen LogP contribution is 2.37. The third kappa shape index (κ3) is 3.43. The second-order valence-corrected chi connectivity index (χ2v) is 6.83. The summed E-state index contributed by atoms with van der Waals surface area (Å²) in [5.74, 6) is 0. The minimum Gasteiger partial charge on any atom is -0.326 e. The van der Waals surface area contributed by atoms with Crippen molar-refractivity contribution < 1.29 is 0 Å². The highest BCUT2D eigenvalue weighted by molar-refractivity contribution is 4.93. The molecule has 1 aliphatic heterocycles. The van der Waals surface area contributed by atoms with Crippen LogP contribution in [0.3, 0.4) is 0 Å². The van der Waals surface area contributed by atoms with Gasteiger partial charge in [-0.2, -0.15) is 0 Å². The maximum atomic E-state index is 6.36. The molecule has 0 amide bonds. The second kappa shape index (κ2) is 5.25. The molecule has 0 spiro atoms. The average Bonchev–Trinajstić information content (AvgIpc) is 2.47. The van der Waals surface area contributed by atoms with Gasteiger partial charge in [0.1, 0.15) is 0 Å². The van der Waals surface area contributed by atoms with Crippen LogP contribution < -0.4 is 5.73 Å². The first kappa shape index (κ1) is 13.3. The molecule has 3 heteroatoms. The lowest BCUT2D eigenvalue weighted by molar-refractivity contribution is 0.0807. The van der Waals surface area contributed by atoms with E-state index in [1.54, 1.807) is 0 Å². The molecule has 2 unspecified atom stereocenters. The van der Waals surface area contributed by atoms with E-state index in [2.05, 4.69) is 30.7 Å². The summed E-state index contributed by atoms with van der Waals surface area (Å²) in [7, 11) is 2.23. The molecule has 100 valence electrons. The number of hydrogen-bond acceptors (Lipinski definition) is 3. The van der Waals surface area contributed by atoms with E-state index < -0.39 is 0 Å². The van der Waals surface area contributed by atoms with Crippen LogP contribution in [-0.4, -0.2) is 55.1 Å². The lowest BCUT2D eigenvalue weighted by atomic mass is 9.72. The van der Waals surface area contributed by atoms with Gasteiger partial charge in [-0.3, -0.25) is 4.90 Å². The normalized spacial score (nSPS) is 36.7. The third-order valence-electron chi connectivity index (χ3n) is 4.63. The number of nitrogens with two attached hydrogens (primary N) is 1. The molecule has 2 aliphatic rings. The molecular weight excluding hydrogens is 210 g/mol. The van der Waals surface area contributed by atoms with Gasteiger partial charge in [0.2, 0.25) is 0 Å². The Morgan fingerprint density at radius 2 is 1.88 bits per heavy atom. The van der Waals surface area contributed by atoms with Crippen molar-refractivity contribution in [1.82, 2.24) is 9.80 Å². The summed E-state index contributed by atoms with van der Waals surface area (Å²) in [5, 5.41) is 0. The Hall–Kier alpha value is -0.120. The summed E-state index contributed by atoms with van der Waals surface area (Å²) in [6.45, 7) is 9.67. The van der Waals surface area contributed by atoms with Gasteiger partial charge >= 0.3 is 0 Å². The molecule has 0 aromatic heterocycles. The molecule has 1 aliphatic carbocycles. The van der Waals surface area contributed by atoms with Gasteiger partial charge in [-0.1, -0.05) is 13.8 Å². The molecule has 0 aromatic rings. The lowest BCUT2D eigenvalue weighted by Gasteiger charge is -2.44. The Labute approximate surface area is 106 Å². The number of rotatable bonds is 1. The van der Waals surface area contributed by atoms with Crippen molar-refractivity contribution in [3.63, 3.8) is 0 Å². The summed E-state index contributed by atoms with van der Waals surface area (Å²) in [6.07, 6.45) is 5.06. The molecule has 2 rings (SSSR count). The van der Waals surface area contributed by atoms with E-state index in [4.69, 9.17) is 5.73 Å². The van der Waals surface area contributed by atoms with Crippen LogP contribution in [0.1, 0.15) is 39.5 Å². The Morgan fingerprint density at radius 1 is 1.12 bits per heavy atom. The fraction of sp³-hybridized carbons (Fsp3) is 1.00. The van der Waals surface area contributed by atoms with E-state index >= 15 is 0 Å². The summed E-state index contributed by atoms with van der Waals surface area (Å²) in [6, 6.07) is 1.01. The molecule has 2 N–H and O–H groups in total. The van der Waals surface area contributed by atoms with Crippen LogP contribution in [0.15, 0.2) is 0 Å². The van der Waals surface area contributed by atoms with Crippen molar-refractivity contribution in [2.24, 2.45) is 11.1 Å². The molecule has 1 saturated carbocycles. The van der Waals surface area contributed by atoms with Crippen LogP contribution in [0.2, 0.25) is 0 Å². The number of likely N-dealkylation sites (N-methyl/N-ethyl adjacent to an activating group) is 1. The van der Waals surface area contributed by atoms with Gasteiger partial charge < -0.3 is 10.6 Å². The molecule has 2 atom stereocenters. The van der Waals surface area contributed by atoms with Crippen LogP contribution >= 0.6 is 0 Å². The van der Waals surface area contributed by atoms with Gasteiger partial charge in [-0.25, -0.2) is 0 Å². The molecule has 0 radical (unpaired) electrons. The highest BCUT2D eigenvalue weighted by atomic mass is 15.2. The molecule has 2 fully saturated rings. The standard InChI is InChI=1S/C14H29N3/c1-14(2)6-5-12(15)13(11-14)17-8-4-7-16(3)9-10-17/h12-13H,4-11,15H2,1-3H3. The Balaban J connectivity index is 1.99.